The Morgan fingerprint density at radius 2 is 1.78 bits per heavy atom. The van der Waals surface area contributed by atoms with Crippen molar-refractivity contribution in [2.45, 2.75) is 38.9 Å². The molecule has 0 radical (unpaired) electrons. The van der Waals surface area contributed by atoms with Crippen LogP contribution < -0.4 is 5.56 Å². The van der Waals surface area contributed by atoms with E-state index in [0.717, 1.165) is 35.9 Å². The van der Waals surface area contributed by atoms with Crippen LogP contribution in [0.1, 0.15) is 46.6 Å². The molecule has 0 aliphatic carbocycles. The highest BCUT2D eigenvalue weighted by Crippen LogP contribution is 2.32. The minimum absolute atomic E-state index is 0.156. The van der Waals surface area contributed by atoms with E-state index in [4.69, 9.17) is 0 Å². The number of fused-ring (bicyclic) bond motifs is 2. The number of hydrogen-bond acceptors (Lipinski definition) is 5. The second-order valence-corrected chi connectivity index (χ2v) is 9.54. The van der Waals surface area contributed by atoms with Crippen molar-refractivity contribution in [3.63, 3.8) is 0 Å². The van der Waals surface area contributed by atoms with Gasteiger partial charge in [0.1, 0.15) is 11.9 Å². The first-order valence-corrected chi connectivity index (χ1v) is 12.6. The standard InChI is InChI=1S/C29H27FN6O/c1-2-19-9-12-26-23(15-19)16-25(29(37)31-26)27(35-14-13-21-5-3-4-6-22(21)18-35)28-32-33-34-36(28)17-20-7-10-24(30)11-8-20/h3-12,15-16,27H,2,13-14,17-18H2,1H3,(H,31,37). The molecule has 8 heteroatoms. The zero-order valence-electron chi connectivity index (χ0n) is 20.6. The number of nitrogens with zero attached hydrogens (tertiary/aromatic N) is 5. The molecule has 1 N–H and O–H groups in total. The number of H-pyrrole nitrogens is 1. The summed E-state index contributed by atoms with van der Waals surface area (Å²) in [5, 5.41) is 13.7. The molecule has 37 heavy (non-hydrogen) atoms. The van der Waals surface area contributed by atoms with E-state index in [0.29, 0.717) is 24.5 Å². The van der Waals surface area contributed by atoms with Crippen molar-refractivity contribution < 1.29 is 4.39 Å². The fourth-order valence-electron chi connectivity index (χ4n) is 5.22. The highest BCUT2D eigenvalue weighted by atomic mass is 19.1. The fourth-order valence-corrected chi connectivity index (χ4v) is 5.22. The molecule has 0 saturated carbocycles. The van der Waals surface area contributed by atoms with Gasteiger partial charge in [0.25, 0.3) is 5.56 Å². The maximum atomic E-state index is 13.5. The van der Waals surface area contributed by atoms with Crippen LogP contribution in [-0.4, -0.2) is 36.6 Å². The summed E-state index contributed by atoms with van der Waals surface area (Å²) >= 11 is 0. The molecular weight excluding hydrogens is 467 g/mol. The molecule has 7 nitrogen and oxygen atoms in total. The Morgan fingerprint density at radius 3 is 2.59 bits per heavy atom. The van der Waals surface area contributed by atoms with Gasteiger partial charge in [-0.15, -0.1) is 5.10 Å². The first kappa shape index (κ1) is 23.2. The average molecular weight is 495 g/mol. The van der Waals surface area contributed by atoms with E-state index < -0.39 is 6.04 Å². The maximum Gasteiger partial charge on any atom is 0.253 e. The van der Waals surface area contributed by atoms with E-state index in [1.54, 1.807) is 16.8 Å². The predicted octanol–water partition coefficient (Wildman–Crippen LogP) is 4.41. The number of nitrogens with one attached hydrogen (secondary N) is 1. The van der Waals surface area contributed by atoms with Crippen molar-refractivity contribution in [3.05, 3.63) is 123 Å². The molecule has 6 rings (SSSR count). The Kier molecular flexibility index (Phi) is 6.10. The molecule has 0 saturated heterocycles. The third-order valence-corrected chi connectivity index (χ3v) is 7.22. The topological polar surface area (TPSA) is 79.7 Å². The molecular formula is C29H27FN6O. The van der Waals surface area contributed by atoms with Crippen LogP contribution in [0.15, 0.2) is 77.6 Å². The Morgan fingerprint density at radius 1 is 1.00 bits per heavy atom. The monoisotopic (exact) mass is 494 g/mol. The van der Waals surface area contributed by atoms with E-state index in [-0.39, 0.29) is 11.4 Å². The number of aromatic nitrogens is 5. The van der Waals surface area contributed by atoms with Crippen LogP contribution >= 0.6 is 0 Å². The van der Waals surface area contributed by atoms with Gasteiger partial charge >= 0.3 is 0 Å². The molecule has 0 fully saturated rings. The number of aryl methyl sites for hydroxylation is 1. The molecule has 1 aliphatic rings. The van der Waals surface area contributed by atoms with E-state index in [1.807, 2.05) is 24.3 Å². The van der Waals surface area contributed by atoms with Crippen LogP contribution in [0.3, 0.4) is 0 Å². The zero-order valence-corrected chi connectivity index (χ0v) is 20.6. The van der Waals surface area contributed by atoms with Gasteiger partial charge in [0.2, 0.25) is 0 Å². The number of rotatable bonds is 6. The second kappa shape index (κ2) is 9.71. The Balaban J connectivity index is 1.47. The number of benzene rings is 3. The van der Waals surface area contributed by atoms with Gasteiger partial charge < -0.3 is 4.98 Å². The van der Waals surface area contributed by atoms with Crippen molar-refractivity contribution in [2.75, 3.05) is 6.54 Å². The van der Waals surface area contributed by atoms with Gasteiger partial charge in [-0.2, -0.15) is 0 Å². The lowest BCUT2D eigenvalue weighted by molar-refractivity contribution is 0.194. The molecule has 3 heterocycles. The molecule has 0 bridgehead atoms. The summed E-state index contributed by atoms with van der Waals surface area (Å²) in [6.45, 7) is 3.93. The van der Waals surface area contributed by atoms with Crippen molar-refractivity contribution >= 4 is 10.9 Å². The molecule has 186 valence electrons. The zero-order chi connectivity index (χ0) is 25.4. The summed E-state index contributed by atoms with van der Waals surface area (Å²) in [4.78, 5) is 18.9. The first-order chi connectivity index (χ1) is 18.1. The quantitative estimate of drug-likeness (QED) is 0.378. The first-order valence-electron chi connectivity index (χ1n) is 12.6. The Hall–Kier alpha value is -4.17. The minimum Gasteiger partial charge on any atom is -0.322 e. The third-order valence-electron chi connectivity index (χ3n) is 7.22. The van der Waals surface area contributed by atoms with Crippen molar-refractivity contribution in [2.24, 2.45) is 0 Å². The summed E-state index contributed by atoms with van der Waals surface area (Å²) in [6, 6.07) is 22.4. The Bertz CT molecular complexity index is 1620. The predicted molar refractivity (Wildman–Crippen MR) is 140 cm³/mol. The lowest BCUT2D eigenvalue weighted by atomic mass is 9.95. The SMILES string of the molecule is CCc1ccc2[nH]c(=O)c(C(c3nnnn3Cc3ccc(F)cc3)N3CCc4ccccc4C3)cc2c1. The van der Waals surface area contributed by atoms with Gasteiger partial charge in [-0.3, -0.25) is 9.69 Å². The van der Waals surface area contributed by atoms with E-state index in [9.17, 15) is 9.18 Å². The van der Waals surface area contributed by atoms with Crippen LogP contribution in [0.25, 0.3) is 10.9 Å². The van der Waals surface area contributed by atoms with Gasteiger partial charge in [0.05, 0.1) is 6.54 Å². The van der Waals surface area contributed by atoms with Crippen molar-refractivity contribution in [1.29, 1.82) is 0 Å². The number of tetrazole rings is 1. The molecule has 1 aliphatic heterocycles. The number of aromatic amines is 1. The summed E-state index contributed by atoms with van der Waals surface area (Å²) in [6.07, 6.45) is 1.78. The van der Waals surface area contributed by atoms with E-state index >= 15 is 0 Å². The minimum atomic E-state index is -0.456. The largest absolute Gasteiger partial charge is 0.322 e. The molecule has 0 amide bonds. The van der Waals surface area contributed by atoms with Crippen molar-refractivity contribution in [3.8, 4) is 0 Å². The molecule has 0 spiro atoms. The van der Waals surface area contributed by atoms with Crippen LogP contribution in [0.2, 0.25) is 0 Å². The van der Waals surface area contributed by atoms with Gasteiger partial charge in [-0.05, 0) is 81.2 Å². The molecule has 1 atom stereocenters. The summed E-state index contributed by atoms with van der Waals surface area (Å²) in [5.74, 6) is 0.292. The highest BCUT2D eigenvalue weighted by Gasteiger charge is 2.32. The van der Waals surface area contributed by atoms with Gasteiger partial charge in [-0.1, -0.05) is 49.4 Å². The fraction of sp³-hybridized carbons (Fsp3) is 0.241. The second-order valence-electron chi connectivity index (χ2n) is 9.54. The van der Waals surface area contributed by atoms with Crippen LogP contribution in [0, 0.1) is 5.82 Å². The normalized spacial score (nSPS) is 14.5. The van der Waals surface area contributed by atoms with E-state index in [2.05, 4.69) is 56.6 Å². The van der Waals surface area contributed by atoms with Gasteiger partial charge in [0, 0.05) is 24.2 Å². The summed E-state index contributed by atoms with van der Waals surface area (Å²) in [5.41, 5.74) is 5.89. The smallest absolute Gasteiger partial charge is 0.253 e. The summed E-state index contributed by atoms with van der Waals surface area (Å²) in [7, 11) is 0. The lowest BCUT2D eigenvalue weighted by Crippen LogP contribution is -2.38. The van der Waals surface area contributed by atoms with E-state index in [1.165, 1.54) is 28.8 Å². The Labute approximate surface area is 213 Å². The lowest BCUT2D eigenvalue weighted by Gasteiger charge is -2.34. The average Bonchev–Trinajstić information content (AvgIpc) is 3.37. The van der Waals surface area contributed by atoms with Crippen molar-refractivity contribution in [1.82, 2.24) is 30.1 Å². The number of halogens is 1. The molecule has 3 aromatic carbocycles. The third kappa shape index (κ3) is 4.56. The molecule has 5 aromatic rings. The molecule has 2 aromatic heterocycles. The van der Waals surface area contributed by atoms with Crippen LogP contribution in [0.5, 0.6) is 0 Å². The number of pyridine rings is 1. The maximum absolute atomic E-state index is 13.5. The molecule has 1 unspecified atom stereocenters. The van der Waals surface area contributed by atoms with Crippen LogP contribution in [0.4, 0.5) is 4.39 Å². The van der Waals surface area contributed by atoms with Gasteiger partial charge in [-0.25, -0.2) is 9.07 Å². The van der Waals surface area contributed by atoms with Gasteiger partial charge in [0.15, 0.2) is 5.82 Å². The highest BCUT2D eigenvalue weighted by molar-refractivity contribution is 5.80. The number of hydrogen-bond donors (Lipinski definition) is 1. The summed E-state index contributed by atoms with van der Waals surface area (Å²) < 4.78 is 15.2. The van der Waals surface area contributed by atoms with Crippen LogP contribution in [-0.2, 0) is 25.9 Å².